The third kappa shape index (κ3) is 4.30. The Morgan fingerprint density at radius 2 is 1.94 bits per heavy atom. The molecule has 1 saturated carbocycles. The highest BCUT2D eigenvalue weighted by molar-refractivity contribution is 5.89. The Bertz CT molecular complexity index is 989. The van der Waals surface area contributed by atoms with Gasteiger partial charge in [0.2, 0.25) is 11.8 Å². The molecule has 8 heteroatoms. The Labute approximate surface area is 214 Å². The summed E-state index contributed by atoms with van der Waals surface area (Å²) in [5.41, 5.74) is 2.42. The molecule has 1 aromatic heterocycles. The van der Waals surface area contributed by atoms with Gasteiger partial charge in [0.05, 0.1) is 13.2 Å². The minimum atomic E-state index is -0.288. The van der Waals surface area contributed by atoms with Crippen LogP contribution < -0.4 is 4.90 Å². The molecule has 5 fully saturated rings. The number of amides is 2. The molecule has 4 aliphatic heterocycles. The second-order valence-electron chi connectivity index (χ2n) is 11.9. The van der Waals surface area contributed by atoms with Crippen LogP contribution in [0, 0.1) is 0 Å². The predicted molar refractivity (Wildman–Crippen MR) is 138 cm³/mol. The van der Waals surface area contributed by atoms with Crippen molar-refractivity contribution in [2.24, 2.45) is 0 Å². The third-order valence-electron chi connectivity index (χ3n) is 9.55. The zero-order valence-electron chi connectivity index (χ0n) is 21.9. The number of hydrogen-bond acceptors (Lipinski definition) is 6. The van der Waals surface area contributed by atoms with Crippen LogP contribution in [-0.4, -0.2) is 102 Å². The number of carbonyl (C=O) groups is 2. The number of carbonyl (C=O) groups excluding carboxylic acids is 2. The minimum Gasteiger partial charge on any atom is -0.379 e. The van der Waals surface area contributed by atoms with E-state index in [1.165, 1.54) is 11.3 Å². The molecule has 0 unspecified atom stereocenters. The first-order valence-electron chi connectivity index (χ1n) is 14.0. The summed E-state index contributed by atoms with van der Waals surface area (Å²) in [4.78, 5) is 40.9. The molecule has 4 atom stereocenters. The standard InChI is InChI=1S/C28H41N5O3/c1-30(2)24-8-11-29-18-23(24)20-17-28(9-10-28)32(19-20)27(35)25-7-6-22-16-21(31-12-14-36-15-13-31)4-3-5-26(34)33(22)25/h8,11,18,20-22,25H,3-7,9-10,12-17,19H2,1-2H3/t20-,21-,22+,25-/m0/s1. The van der Waals surface area contributed by atoms with Gasteiger partial charge in [-0.15, -0.1) is 0 Å². The lowest BCUT2D eigenvalue weighted by atomic mass is 9.95. The van der Waals surface area contributed by atoms with Crippen molar-refractivity contribution in [2.75, 3.05) is 51.8 Å². The fourth-order valence-electron chi connectivity index (χ4n) is 7.56. The largest absolute Gasteiger partial charge is 0.379 e. The van der Waals surface area contributed by atoms with Crippen LogP contribution in [0.1, 0.15) is 69.3 Å². The Hall–Kier alpha value is -2.19. The first kappa shape index (κ1) is 24.2. The average molecular weight is 496 g/mol. The first-order valence-corrected chi connectivity index (χ1v) is 14.0. The number of anilines is 1. The summed E-state index contributed by atoms with van der Waals surface area (Å²) >= 11 is 0. The summed E-state index contributed by atoms with van der Waals surface area (Å²) in [7, 11) is 4.14. The molecule has 0 aromatic carbocycles. The van der Waals surface area contributed by atoms with Crippen LogP contribution in [0.5, 0.6) is 0 Å². The maximum atomic E-state index is 14.2. The molecule has 2 amide bonds. The quantitative estimate of drug-likeness (QED) is 0.640. The molecule has 4 saturated heterocycles. The van der Waals surface area contributed by atoms with Gasteiger partial charge in [-0.1, -0.05) is 0 Å². The summed E-state index contributed by atoms with van der Waals surface area (Å²) in [6.07, 6.45) is 12.3. The summed E-state index contributed by atoms with van der Waals surface area (Å²) in [6.45, 7) is 4.31. The monoisotopic (exact) mass is 495 g/mol. The highest BCUT2D eigenvalue weighted by Crippen LogP contribution is 2.55. The fourth-order valence-corrected chi connectivity index (χ4v) is 7.56. The zero-order valence-corrected chi connectivity index (χ0v) is 21.9. The second kappa shape index (κ2) is 9.60. The van der Waals surface area contributed by atoms with Crippen LogP contribution in [-0.2, 0) is 14.3 Å². The Kier molecular flexibility index (Phi) is 6.44. The Morgan fingerprint density at radius 3 is 2.69 bits per heavy atom. The van der Waals surface area contributed by atoms with Crippen molar-refractivity contribution >= 4 is 17.5 Å². The summed E-state index contributed by atoms with van der Waals surface area (Å²) < 4.78 is 5.58. The van der Waals surface area contributed by atoms with Crippen LogP contribution in [0.15, 0.2) is 18.5 Å². The van der Waals surface area contributed by atoms with E-state index in [1.54, 1.807) is 0 Å². The number of aromatic nitrogens is 1. The van der Waals surface area contributed by atoms with E-state index in [4.69, 9.17) is 4.74 Å². The van der Waals surface area contributed by atoms with Gasteiger partial charge in [0, 0.05) is 81.8 Å². The van der Waals surface area contributed by atoms with E-state index in [1.807, 2.05) is 17.3 Å². The van der Waals surface area contributed by atoms with Gasteiger partial charge in [0.15, 0.2) is 0 Å². The predicted octanol–water partition coefficient (Wildman–Crippen LogP) is 2.63. The van der Waals surface area contributed by atoms with Gasteiger partial charge in [-0.25, -0.2) is 0 Å². The highest BCUT2D eigenvalue weighted by atomic mass is 16.5. The van der Waals surface area contributed by atoms with Crippen molar-refractivity contribution < 1.29 is 14.3 Å². The smallest absolute Gasteiger partial charge is 0.245 e. The molecular weight excluding hydrogens is 454 g/mol. The van der Waals surface area contributed by atoms with Crippen molar-refractivity contribution in [3.05, 3.63) is 24.0 Å². The van der Waals surface area contributed by atoms with E-state index in [0.717, 1.165) is 84.2 Å². The highest BCUT2D eigenvalue weighted by Gasteiger charge is 2.58. The first-order chi connectivity index (χ1) is 17.5. The molecule has 5 aliphatic rings. The molecule has 6 rings (SSSR count). The Balaban J connectivity index is 1.20. The number of ether oxygens (including phenoxy) is 1. The van der Waals surface area contributed by atoms with Gasteiger partial charge in [0.25, 0.3) is 0 Å². The van der Waals surface area contributed by atoms with E-state index in [2.05, 4.69) is 39.8 Å². The van der Waals surface area contributed by atoms with Crippen LogP contribution in [0.25, 0.3) is 0 Å². The molecule has 0 N–H and O–H groups in total. The number of morpholine rings is 1. The maximum absolute atomic E-state index is 14.2. The van der Waals surface area contributed by atoms with Crippen molar-refractivity contribution in [1.82, 2.24) is 19.7 Å². The summed E-state index contributed by atoms with van der Waals surface area (Å²) in [5, 5.41) is 0. The van der Waals surface area contributed by atoms with Gasteiger partial charge in [-0.3, -0.25) is 19.5 Å². The van der Waals surface area contributed by atoms with Crippen LogP contribution in [0.2, 0.25) is 0 Å². The number of likely N-dealkylation sites (tertiary alicyclic amines) is 1. The SMILES string of the molecule is CN(C)c1ccncc1[C@@H]1CN(C(=O)[C@@H]2CC[C@@H]3C[C@@H](N4CCOCC4)CCCC(=O)N32)C2(CC2)C1. The molecule has 1 spiro atoms. The van der Waals surface area contributed by atoms with Gasteiger partial charge < -0.3 is 19.4 Å². The normalized spacial score (nSPS) is 32.3. The van der Waals surface area contributed by atoms with Gasteiger partial charge in [-0.05, 0) is 63.0 Å². The second-order valence-corrected chi connectivity index (χ2v) is 11.9. The molecule has 0 radical (unpaired) electrons. The Morgan fingerprint density at radius 1 is 1.14 bits per heavy atom. The summed E-state index contributed by atoms with van der Waals surface area (Å²) in [6, 6.07) is 2.46. The van der Waals surface area contributed by atoms with Crippen LogP contribution >= 0.6 is 0 Å². The lowest BCUT2D eigenvalue weighted by Gasteiger charge is -2.40. The molecule has 1 aromatic rings. The molecule has 8 nitrogen and oxygen atoms in total. The maximum Gasteiger partial charge on any atom is 0.245 e. The third-order valence-corrected chi connectivity index (χ3v) is 9.55. The van der Waals surface area contributed by atoms with Gasteiger partial charge in [0.1, 0.15) is 6.04 Å². The van der Waals surface area contributed by atoms with Crippen molar-refractivity contribution in [3.63, 3.8) is 0 Å². The van der Waals surface area contributed by atoms with Gasteiger partial charge >= 0.3 is 0 Å². The molecular formula is C28H41N5O3. The molecule has 0 bridgehead atoms. The number of rotatable bonds is 4. The zero-order chi connectivity index (χ0) is 24.9. The van der Waals surface area contributed by atoms with E-state index >= 15 is 0 Å². The number of pyridine rings is 1. The van der Waals surface area contributed by atoms with E-state index in [-0.39, 0.29) is 29.4 Å². The lowest BCUT2D eigenvalue weighted by molar-refractivity contribution is -0.147. The number of nitrogens with zero attached hydrogens (tertiary/aromatic N) is 5. The summed E-state index contributed by atoms with van der Waals surface area (Å²) in [5.74, 6) is 0.692. The van der Waals surface area contributed by atoms with E-state index < -0.39 is 0 Å². The molecule has 5 heterocycles. The minimum absolute atomic E-state index is 0.0125. The topological polar surface area (TPSA) is 69.2 Å². The van der Waals surface area contributed by atoms with Crippen molar-refractivity contribution in [3.8, 4) is 0 Å². The fraction of sp³-hybridized carbons (Fsp3) is 0.750. The average Bonchev–Trinajstić information content (AvgIpc) is 3.37. The van der Waals surface area contributed by atoms with Gasteiger partial charge in [-0.2, -0.15) is 0 Å². The number of fused-ring (bicyclic) bond motifs is 1. The van der Waals surface area contributed by atoms with Crippen LogP contribution in [0.4, 0.5) is 5.69 Å². The lowest BCUT2D eigenvalue weighted by Crippen LogP contribution is -2.54. The van der Waals surface area contributed by atoms with Crippen molar-refractivity contribution in [2.45, 2.75) is 87.4 Å². The van der Waals surface area contributed by atoms with E-state index in [0.29, 0.717) is 18.4 Å². The van der Waals surface area contributed by atoms with Crippen LogP contribution in [0.3, 0.4) is 0 Å². The van der Waals surface area contributed by atoms with Crippen molar-refractivity contribution in [1.29, 1.82) is 0 Å². The molecule has 36 heavy (non-hydrogen) atoms. The molecule has 1 aliphatic carbocycles. The van der Waals surface area contributed by atoms with E-state index in [9.17, 15) is 9.59 Å². The number of hydrogen-bond donors (Lipinski definition) is 0. The molecule has 196 valence electrons.